The average Bonchev–Trinajstić information content (AvgIpc) is 4.09. The predicted molar refractivity (Wildman–Crippen MR) is 278 cm³/mol. The van der Waals surface area contributed by atoms with Gasteiger partial charge in [0.15, 0.2) is 31.8 Å². The SMILES string of the molecule is COc1ccc(C(OC[C@H]2C[C@@H](Oc3ccncn3)C[C@@H]2O[P@](=S)(OCCC#N)OC[C@H]2O[C@@H](n3cnc4c(=O)[nH]cnc43)[C@H](O[P+](=O)O)[C@@H]2O[Si](C)(C)C(C)(C)C)(c2ccccc2)c2ccc(OC)cc2)cc1. The van der Waals surface area contributed by atoms with Crippen LogP contribution < -0.4 is 19.8 Å². The van der Waals surface area contributed by atoms with Gasteiger partial charge >= 0.3 is 15.0 Å². The van der Waals surface area contributed by atoms with Crippen LogP contribution >= 0.6 is 15.0 Å². The summed E-state index contributed by atoms with van der Waals surface area (Å²) in [6.45, 7) is 6.02. The summed E-state index contributed by atoms with van der Waals surface area (Å²) in [6, 6.07) is 29.2. The van der Waals surface area contributed by atoms with E-state index in [0.29, 0.717) is 30.2 Å². The van der Waals surface area contributed by atoms with Gasteiger partial charge in [0.05, 0.1) is 65.3 Å². The summed E-state index contributed by atoms with van der Waals surface area (Å²) >= 11 is 6.28. The molecule has 2 fully saturated rings. The third-order valence-corrected chi connectivity index (χ3v) is 20.9. The molecule has 6 aromatic rings. The van der Waals surface area contributed by atoms with Crippen LogP contribution in [-0.4, -0.2) is 107 Å². The smallest absolute Gasteiger partial charge is 0.497 e. The van der Waals surface area contributed by atoms with E-state index in [1.165, 1.54) is 23.5 Å². The van der Waals surface area contributed by atoms with Gasteiger partial charge in [0.1, 0.15) is 41.7 Å². The number of hydrogen-bond acceptors (Lipinski definition) is 18. The van der Waals surface area contributed by atoms with Crippen LogP contribution in [0, 0.1) is 17.2 Å². The van der Waals surface area contributed by atoms with Crippen LogP contribution in [0.1, 0.15) is 63.0 Å². The van der Waals surface area contributed by atoms with Gasteiger partial charge in [0.25, 0.3) is 5.56 Å². The molecule has 392 valence electrons. The number of aromatic amines is 1. The molecule has 74 heavy (non-hydrogen) atoms. The molecule has 1 saturated heterocycles. The van der Waals surface area contributed by atoms with E-state index < -0.39 is 77.1 Å². The van der Waals surface area contributed by atoms with Crippen molar-refractivity contribution in [1.29, 1.82) is 5.26 Å². The lowest BCUT2D eigenvalue weighted by molar-refractivity contribution is -0.0513. The summed E-state index contributed by atoms with van der Waals surface area (Å²) in [5, 5.41) is 9.33. The van der Waals surface area contributed by atoms with E-state index in [0.717, 1.165) is 16.7 Å². The fourth-order valence-corrected chi connectivity index (χ4v) is 12.8. The summed E-state index contributed by atoms with van der Waals surface area (Å²) < 4.78 is 78.4. The molecular weight excluding hydrogens is 1030 g/mol. The molecule has 4 heterocycles. The highest BCUT2D eigenvalue weighted by atomic mass is 32.5. The summed E-state index contributed by atoms with van der Waals surface area (Å²) in [7, 11) is -2.70. The Hall–Kier alpha value is -5.37. The van der Waals surface area contributed by atoms with Crippen molar-refractivity contribution in [1.82, 2.24) is 29.5 Å². The van der Waals surface area contributed by atoms with Gasteiger partial charge in [0.2, 0.25) is 5.88 Å². The minimum atomic E-state index is -3.87. The lowest BCUT2D eigenvalue weighted by Crippen LogP contribution is -2.50. The number of nitrogens with zero attached hydrogens (tertiary/aromatic N) is 6. The van der Waals surface area contributed by atoms with E-state index in [4.69, 9.17) is 58.0 Å². The van der Waals surface area contributed by atoms with Gasteiger partial charge in [-0.1, -0.05) is 75.4 Å². The average molecular weight is 1090 g/mol. The van der Waals surface area contributed by atoms with Crippen LogP contribution in [0.25, 0.3) is 11.2 Å². The van der Waals surface area contributed by atoms with Crippen molar-refractivity contribution in [3.8, 4) is 23.4 Å². The van der Waals surface area contributed by atoms with Crippen LogP contribution in [0.15, 0.2) is 115 Å². The van der Waals surface area contributed by atoms with Crippen molar-refractivity contribution in [2.75, 3.05) is 34.0 Å². The Morgan fingerprint density at radius 3 is 2.20 bits per heavy atom. The predicted octanol–water partition coefficient (Wildman–Crippen LogP) is 8.67. The highest BCUT2D eigenvalue weighted by molar-refractivity contribution is 8.07. The van der Waals surface area contributed by atoms with E-state index in [1.807, 2.05) is 92.0 Å². The summed E-state index contributed by atoms with van der Waals surface area (Å²) in [4.78, 5) is 42.6. The molecule has 3 aromatic heterocycles. The van der Waals surface area contributed by atoms with Crippen LogP contribution in [0.5, 0.6) is 17.4 Å². The number of rotatable bonds is 23. The third kappa shape index (κ3) is 12.3. The number of fused-ring (bicyclic) bond motifs is 1. The topological polar surface area (TPSA) is 243 Å². The Morgan fingerprint density at radius 1 is 0.919 bits per heavy atom. The van der Waals surface area contributed by atoms with E-state index >= 15 is 0 Å². The van der Waals surface area contributed by atoms with Crippen molar-refractivity contribution < 1.29 is 55.7 Å². The molecule has 20 nitrogen and oxygen atoms in total. The Bertz CT molecular complexity index is 2940. The van der Waals surface area contributed by atoms with Crippen molar-refractivity contribution in [3.63, 3.8) is 0 Å². The van der Waals surface area contributed by atoms with Gasteiger partial charge < -0.3 is 46.7 Å². The maximum absolute atomic E-state index is 12.8. The maximum Gasteiger partial charge on any atom is 0.695 e. The molecule has 2 N–H and O–H groups in total. The second-order valence-electron chi connectivity index (χ2n) is 19.2. The molecule has 0 radical (unpaired) electrons. The number of nitrogens with one attached hydrogen (secondary N) is 1. The fourth-order valence-electron chi connectivity index (χ4n) is 8.89. The first-order valence-corrected chi connectivity index (χ1v) is 30.5. The van der Waals surface area contributed by atoms with E-state index in [9.17, 15) is 19.5 Å². The first-order chi connectivity index (χ1) is 35.5. The second kappa shape index (κ2) is 23.7. The number of imidazole rings is 1. The molecule has 1 aliphatic heterocycles. The Morgan fingerprint density at radius 2 is 1.59 bits per heavy atom. The van der Waals surface area contributed by atoms with Gasteiger partial charge in [-0.15, -0.1) is 9.42 Å². The lowest BCUT2D eigenvalue weighted by atomic mass is 9.80. The number of ether oxygens (including phenoxy) is 5. The van der Waals surface area contributed by atoms with Crippen molar-refractivity contribution in [3.05, 3.63) is 137 Å². The highest BCUT2D eigenvalue weighted by Crippen LogP contribution is 2.56. The van der Waals surface area contributed by atoms with Gasteiger partial charge in [0, 0.05) is 29.2 Å². The monoisotopic (exact) mass is 1090 g/mol. The Labute approximate surface area is 435 Å². The van der Waals surface area contributed by atoms with Crippen molar-refractivity contribution in [2.24, 2.45) is 5.92 Å². The molecule has 24 heteroatoms. The molecule has 2 aliphatic rings. The zero-order valence-electron chi connectivity index (χ0n) is 42.0. The molecule has 9 atom stereocenters. The van der Waals surface area contributed by atoms with Gasteiger partial charge in [-0.25, -0.2) is 19.9 Å². The fraction of sp³-hybridized carbons (Fsp3) is 0.440. The molecule has 0 spiro atoms. The van der Waals surface area contributed by atoms with Gasteiger partial charge in [-0.3, -0.25) is 9.36 Å². The van der Waals surface area contributed by atoms with Gasteiger partial charge in [-0.05, 0) is 77.3 Å². The summed E-state index contributed by atoms with van der Waals surface area (Å²) in [5.74, 6) is 1.31. The minimum absolute atomic E-state index is 0.0192. The maximum atomic E-state index is 12.8. The van der Waals surface area contributed by atoms with Crippen LogP contribution in [0.3, 0.4) is 0 Å². The molecule has 1 aliphatic carbocycles. The third-order valence-electron chi connectivity index (χ3n) is 13.6. The molecule has 1 unspecified atom stereocenters. The normalized spacial score (nSPS) is 22.3. The number of nitriles is 1. The quantitative estimate of drug-likeness (QED) is 0.0264. The molecular formula is C50H60N7O13P2SSi+. The number of benzene rings is 3. The number of aromatic nitrogens is 6. The Balaban J connectivity index is 1.15. The molecule has 0 bridgehead atoms. The van der Waals surface area contributed by atoms with Crippen LogP contribution in [0.2, 0.25) is 18.1 Å². The van der Waals surface area contributed by atoms with Crippen molar-refractivity contribution >= 4 is 46.3 Å². The summed E-state index contributed by atoms with van der Waals surface area (Å²) in [5.41, 5.74) is 1.01. The van der Waals surface area contributed by atoms with Gasteiger partial charge in [-0.2, -0.15) is 5.26 Å². The number of methoxy groups -OCH3 is 2. The zero-order chi connectivity index (χ0) is 52.7. The number of H-pyrrole nitrogens is 1. The van der Waals surface area contributed by atoms with Crippen molar-refractivity contribution in [2.45, 2.75) is 101 Å². The summed E-state index contributed by atoms with van der Waals surface area (Å²) in [6.07, 6.45) is 0.664. The van der Waals surface area contributed by atoms with E-state index in [1.54, 1.807) is 26.5 Å². The second-order valence-corrected chi connectivity index (χ2v) is 27.6. The zero-order valence-corrected chi connectivity index (χ0v) is 45.6. The van der Waals surface area contributed by atoms with Crippen LogP contribution in [0.4, 0.5) is 0 Å². The van der Waals surface area contributed by atoms with Crippen LogP contribution in [-0.2, 0) is 54.0 Å². The molecule has 0 amide bonds. The largest absolute Gasteiger partial charge is 0.695 e. The van der Waals surface area contributed by atoms with E-state index in [2.05, 4.69) is 51.8 Å². The first kappa shape index (κ1) is 54.9. The number of hydrogen-bond donors (Lipinski definition) is 2. The molecule has 8 rings (SSSR count). The minimum Gasteiger partial charge on any atom is -0.497 e. The Kier molecular flexibility index (Phi) is 17.6. The van der Waals surface area contributed by atoms with E-state index in [-0.39, 0.29) is 42.4 Å². The molecule has 3 aromatic carbocycles. The standard InChI is InChI=1S/C50H59N7O13P2SSi/c1-49(2,3)74(6,7)70-44-41(67-48(45(44)68-71(59)60)57-32-56-43-46(57)54-31-55-47(43)58)29-65-72(73,64-25-11-23-51)69-40-27-39(66-42-22-24-52-30-53-42)26-33(40)28-63-50(34-12-9-8-10-13-34,35-14-18-37(61-4)19-15-35)36-16-20-38(62-5)21-17-36/h8-10,12-22,24,30-33,39-41,44-45,48H,11,25-29H2,1-7H3,(H-,54,55,58,59,60)/p+1/t33-,39-,40+,41-,44-,45-,48-,72+/m1/s1. The highest BCUT2D eigenvalue weighted by Gasteiger charge is 2.56. The first-order valence-electron chi connectivity index (χ1n) is 23.9. The molecule has 1 saturated carbocycles. The lowest BCUT2D eigenvalue weighted by Gasteiger charge is -2.40.